The molecule has 1 aliphatic heterocycles. The van der Waals surface area contributed by atoms with Crippen molar-refractivity contribution < 1.29 is 4.74 Å². The molecule has 0 radical (unpaired) electrons. The van der Waals surface area contributed by atoms with E-state index in [1.54, 1.807) is 0 Å². The first-order valence-corrected chi connectivity index (χ1v) is 7.26. The second-order valence-corrected chi connectivity index (χ2v) is 7.21. The molecule has 2 fully saturated rings. The monoisotopic (exact) mass is 239 g/mol. The molecule has 100 valence electrons. The molecule has 1 spiro atoms. The van der Waals surface area contributed by atoms with Gasteiger partial charge >= 0.3 is 0 Å². The summed E-state index contributed by atoms with van der Waals surface area (Å²) in [5.41, 5.74) is 0.114. The van der Waals surface area contributed by atoms with Gasteiger partial charge in [-0.2, -0.15) is 0 Å². The Kier molecular flexibility index (Phi) is 3.57. The minimum absolute atomic E-state index is 0.00896. The number of hydrogen-bond donors (Lipinski definition) is 1. The minimum atomic E-state index is 0.00896. The molecule has 1 saturated heterocycles. The van der Waals surface area contributed by atoms with Crippen LogP contribution in [0.1, 0.15) is 53.9 Å². The van der Waals surface area contributed by atoms with Gasteiger partial charge in [0.25, 0.3) is 0 Å². The molecule has 0 amide bonds. The Morgan fingerprint density at radius 1 is 1.12 bits per heavy atom. The van der Waals surface area contributed by atoms with Gasteiger partial charge < -0.3 is 10.1 Å². The Morgan fingerprint density at radius 3 is 2.24 bits per heavy atom. The topological polar surface area (TPSA) is 21.3 Å². The van der Waals surface area contributed by atoms with Gasteiger partial charge in [-0.25, -0.2) is 0 Å². The van der Waals surface area contributed by atoms with Crippen LogP contribution in [0.4, 0.5) is 0 Å². The third kappa shape index (κ3) is 2.68. The van der Waals surface area contributed by atoms with Gasteiger partial charge in [0, 0.05) is 13.1 Å². The van der Waals surface area contributed by atoms with Crippen molar-refractivity contribution in [3.8, 4) is 0 Å². The second kappa shape index (κ2) is 4.55. The Hall–Kier alpha value is -0.0800. The fourth-order valence-electron chi connectivity index (χ4n) is 3.86. The highest BCUT2D eigenvalue weighted by Gasteiger charge is 2.47. The van der Waals surface area contributed by atoms with Gasteiger partial charge in [0.15, 0.2) is 0 Å². The summed E-state index contributed by atoms with van der Waals surface area (Å²) in [4.78, 5) is 0. The lowest BCUT2D eigenvalue weighted by Gasteiger charge is -2.53. The fourth-order valence-corrected chi connectivity index (χ4v) is 3.86. The van der Waals surface area contributed by atoms with Crippen LogP contribution in [-0.4, -0.2) is 24.3 Å². The zero-order chi connectivity index (χ0) is 12.7. The predicted octanol–water partition coefficient (Wildman–Crippen LogP) is 3.22. The van der Waals surface area contributed by atoms with Crippen LogP contribution in [0.5, 0.6) is 0 Å². The number of ether oxygens (including phenoxy) is 1. The highest BCUT2D eigenvalue weighted by molar-refractivity contribution is 4.99. The molecule has 3 atom stereocenters. The molecule has 2 rings (SSSR count). The van der Waals surface area contributed by atoms with Crippen molar-refractivity contribution in [1.82, 2.24) is 5.32 Å². The number of hydrogen-bond acceptors (Lipinski definition) is 2. The summed E-state index contributed by atoms with van der Waals surface area (Å²) in [6.45, 7) is 13.6. The molecule has 2 heteroatoms. The molecule has 2 aliphatic rings. The molecule has 0 aromatic rings. The molecule has 0 bridgehead atoms. The molecule has 2 nitrogen and oxygen atoms in total. The van der Waals surface area contributed by atoms with E-state index in [2.05, 4.69) is 39.9 Å². The molecular weight excluding hydrogens is 210 g/mol. The standard InChI is InChI=1S/C15H29NO/c1-11(2)14(5)9-16-10-15(17-14)7-12(3)6-13(4)8-15/h11-13,16H,6-10H2,1-5H3. The van der Waals surface area contributed by atoms with Gasteiger partial charge in [0.1, 0.15) is 0 Å². The van der Waals surface area contributed by atoms with Gasteiger partial charge in [0.05, 0.1) is 11.2 Å². The van der Waals surface area contributed by atoms with Gasteiger partial charge in [-0.05, 0) is 43.9 Å². The highest BCUT2D eigenvalue weighted by Crippen LogP contribution is 2.43. The van der Waals surface area contributed by atoms with Crippen molar-refractivity contribution in [2.75, 3.05) is 13.1 Å². The normalized spacial score (nSPS) is 47.6. The lowest BCUT2D eigenvalue weighted by Crippen LogP contribution is -2.62. The van der Waals surface area contributed by atoms with Crippen molar-refractivity contribution in [2.24, 2.45) is 17.8 Å². The van der Waals surface area contributed by atoms with E-state index < -0.39 is 0 Å². The minimum Gasteiger partial charge on any atom is -0.366 e. The number of rotatable bonds is 1. The van der Waals surface area contributed by atoms with E-state index in [-0.39, 0.29) is 11.2 Å². The molecule has 1 heterocycles. The van der Waals surface area contributed by atoms with Crippen LogP contribution < -0.4 is 5.32 Å². The van der Waals surface area contributed by atoms with Crippen molar-refractivity contribution in [2.45, 2.75) is 65.1 Å². The van der Waals surface area contributed by atoms with Crippen LogP contribution >= 0.6 is 0 Å². The average molecular weight is 239 g/mol. The van der Waals surface area contributed by atoms with E-state index in [9.17, 15) is 0 Å². The van der Waals surface area contributed by atoms with Gasteiger partial charge in [-0.1, -0.05) is 27.7 Å². The Balaban J connectivity index is 2.14. The quantitative estimate of drug-likeness (QED) is 0.758. The van der Waals surface area contributed by atoms with Crippen LogP contribution in [0.15, 0.2) is 0 Å². The maximum absolute atomic E-state index is 6.64. The lowest BCUT2D eigenvalue weighted by atomic mass is 9.72. The molecule has 0 aromatic heterocycles. The first-order chi connectivity index (χ1) is 7.85. The molecule has 0 aromatic carbocycles. The van der Waals surface area contributed by atoms with Gasteiger partial charge in [-0.3, -0.25) is 0 Å². The summed E-state index contributed by atoms with van der Waals surface area (Å²) in [6.07, 6.45) is 3.82. The maximum Gasteiger partial charge on any atom is 0.0819 e. The average Bonchev–Trinajstić information content (AvgIpc) is 2.14. The first kappa shape index (κ1) is 13.4. The van der Waals surface area contributed by atoms with Gasteiger partial charge in [-0.15, -0.1) is 0 Å². The van der Waals surface area contributed by atoms with Crippen molar-refractivity contribution in [3.05, 3.63) is 0 Å². The third-order valence-electron chi connectivity index (χ3n) is 4.84. The van der Waals surface area contributed by atoms with E-state index >= 15 is 0 Å². The summed E-state index contributed by atoms with van der Waals surface area (Å²) >= 11 is 0. The summed E-state index contributed by atoms with van der Waals surface area (Å²) in [7, 11) is 0. The second-order valence-electron chi connectivity index (χ2n) is 7.21. The largest absolute Gasteiger partial charge is 0.366 e. The fraction of sp³-hybridized carbons (Fsp3) is 1.00. The van der Waals surface area contributed by atoms with Crippen LogP contribution in [0.3, 0.4) is 0 Å². The first-order valence-electron chi connectivity index (χ1n) is 7.26. The van der Waals surface area contributed by atoms with Crippen molar-refractivity contribution >= 4 is 0 Å². The van der Waals surface area contributed by atoms with Crippen molar-refractivity contribution in [3.63, 3.8) is 0 Å². The van der Waals surface area contributed by atoms with E-state index in [1.807, 2.05) is 0 Å². The Labute approximate surface area is 107 Å². The van der Waals surface area contributed by atoms with E-state index in [4.69, 9.17) is 4.74 Å². The zero-order valence-corrected chi connectivity index (χ0v) is 12.2. The number of morpholine rings is 1. The Bertz CT molecular complexity index is 266. The molecule has 1 aliphatic carbocycles. The van der Waals surface area contributed by atoms with Crippen LogP contribution in [0.2, 0.25) is 0 Å². The Morgan fingerprint density at radius 2 is 1.71 bits per heavy atom. The zero-order valence-electron chi connectivity index (χ0n) is 12.2. The maximum atomic E-state index is 6.64. The highest BCUT2D eigenvalue weighted by atomic mass is 16.5. The summed E-state index contributed by atoms with van der Waals surface area (Å²) < 4.78 is 6.64. The van der Waals surface area contributed by atoms with Crippen LogP contribution in [0, 0.1) is 17.8 Å². The molecule has 1 saturated carbocycles. The third-order valence-corrected chi connectivity index (χ3v) is 4.84. The van der Waals surface area contributed by atoms with Crippen LogP contribution in [-0.2, 0) is 4.74 Å². The van der Waals surface area contributed by atoms with Gasteiger partial charge in [0.2, 0.25) is 0 Å². The molecule has 17 heavy (non-hydrogen) atoms. The SMILES string of the molecule is CC1CC(C)CC2(CNCC(C)(C(C)C)O2)C1. The molecule has 1 N–H and O–H groups in total. The molecule has 3 unspecified atom stereocenters. The summed E-state index contributed by atoms with van der Waals surface area (Å²) in [6, 6.07) is 0. The van der Waals surface area contributed by atoms with E-state index in [0.29, 0.717) is 5.92 Å². The summed E-state index contributed by atoms with van der Waals surface area (Å²) in [5.74, 6) is 2.17. The smallest absolute Gasteiger partial charge is 0.0819 e. The lowest BCUT2D eigenvalue weighted by molar-refractivity contribution is -0.211. The van der Waals surface area contributed by atoms with Crippen molar-refractivity contribution in [1.29, 1.82) is 0 Å². The van der Waals surface area contributed by atoms with E-state index in [0.717, 1.165) is 24.9 Å². The number of nitrogens with one attached hydrogen (secondary N) is 1. The van der Waals surface area contributed by atoms with E-state index in [1.165, 1.54) is 19.3 Å². The summed E-state index contributed by atoms with van der Waals surface area (Å²) in [5, 5.41) is 3.63. The molecular formula is C15H29NO. The predicted molar refractivity (Wildman–Crippen MR) is 72.1 cm³/mol. The van der Waals surface area contributed by atoms with Crippen LogP contribution in [0.25, 0.3) is 0 Å².